The molecule has 0 saturated carbocycles. The average molecular weight is 494 g/mol. The Morgan fingerprint density at radius 3 is 1.78 bits per heavy atom. The van der Waals surface area contributed by atoms with Crippen LogP contribution >= 0.6 is 0 Å². The Morgan fingerprint density at radius 2 is 1.31 bits per heavy atom. The van der Waals surface area contributed by atoms with Gasteiger partial charge in [-0.05, 0) is 41.0 Å². The first-order valence-corrected chi connectivity index (χ1v) is 11.5. The highest BCUT2D eigenvalue weighted by Crippen LogP contribution is 2.41. The second-order valence-electron chi connectivity index (χ2n) is 8.17. The number of benzene rings is 3. The Kier molecular flexibility index (Phi) is 9.44. The van der Waals surface area contributed by atoms with E-state index in [1.165, 1.54) is 0 Å². The lowest BCUT2D eigenvalue weighted by Gasteiger charge is -2.36. The highest BCUT2D eigenvalue weighted by Gasteiger charge is 2.38. The van der Waals surface area contributed by atoms with Crippen LogP contribution in [0.1, 0.15) is 29.5 Å². The molecular formula is C28H31NO7. The highest BCUT2D eigenvalue weighted by molar-refractivity contribution is 5.80. The molecule has 3 rings (SSSR count). The topological polar surface area (TPSA) is 114 Å². The minimum atomic E-state index is -1.09. The molecule has 0 saturated heterocycles. The van der Waals surface area contributed by atoms with E-state index in [0.717, 1.165) is 16.7 Å². The number of methoxy groups -OCH3 is 2. The lowest BCUT2D eigenvalue weighted by molar-refractivity contribution is -0.138. The summed E-state index contributed by atoms with van der Waals surface area (Å²) in [6.07, 6.45) is -1.46. The monoisotopic (exact) mass is 493 g/mol. The molecule has 0 spiro atoms. The smallest absolute Gasteiger partial charge is 0.303 e. The van der Waals surface area contributed by atoms with E-state index in [-0.39, 0.29) is 26.0 Å². The number of carboxylic acid groups (broad SMARTS) is 1. The third-order valence-corrected chi connectivity index (χ3v) is 5.77. The van der Waals surface area contributed by atoms with Crippen molar-refractivity contribution < 1.29 is 34.0 Å². The molecule has 0 bridgehead atoms. The maximum absolute atomic E-state index is 11.9. The van der Waals surface area contributed by atoms with E-state index >= 15 is 0 Å². The SMILES string of the molecule is COc1ccc(C(OCC(O)CNC(=O)CCC(=O)O)(c2ccccc2)c2ccc(OC)cc2)cc1. The molecular weight excluding hydrogens is 462 g/mol. The number of amides is 1. The zero-order valence-electron chi connectivity index (χ0n) is 20.3. The zero-order valence-corrected chi connectivity index (χ0v) is 20.3. The van der Waals surface area contributed by atoms with Crippen LogP contribution in [0.4, 0.5) is 0 Å². The van der Waals surface area contributed by atoms with E-state index in [2.05, 4.69) is 5.32 Å². The summed E-state index contributed by atoms with van der Waals surface area (Å²) in [6.45, 7) is -0.180. The summed E-state index contributed by atoms with van der Waals surface area (Å²) in [5, 5.41) is 21.9. The molecule has 0 heterocycles. The molecule has 0 aliphatic rings. The minimum Gasteiger partial charge on any atom is -0.497 e. The van der Waals surface area contributed by atoms with Gasteiger partial charge in [-0.2, -0.15) is 0 Å². The number of aliphatic carboxylic acids is 1. The van der Waals surface area contributed by atoms with Crippen molar-refractivity contribution >= 4 is 11.9 Å². The van der Waals surface area contributed by atoms with Gasteiger partial charge in [0.15, 0.2) is 0 Å². The molecule has 0 aliphatic carbocycles. The van der Waals surface area contributed by atoms with E-state index in [0.29, 0.717) is 11.5 Å². The van der Waals surface area contributed by atoms with Crippen LogP contribution in [0.2, 0.25) is 0 Å². The number of aliphatic hydroxyl groups is 1. The van der Waals surface area contributed by atoms with Crippen LogP contribution in [0.25, 0.3) is 0 Å². The van der Waals surface area contributed by atoms with Gasteiger partial charge in [0.1, 0.15) is 17.1 Å². The zero-order chi connectivity index (χ0) is 26.0. The van der Waals surface area contributed by atoms with Gasteiger partial charge in [0.25, 0.3) is 0 Å². The first-order chi connectivity index (χ1) is 17.4. The lowest BCUT2D eigenvalue weighted by atomic mass is 9.80. The molecule has 0 radical (unpaired) electrons. The predicted octanol–water partition coefficient (Wildman–Crippen LogP) is 3.35. The van der Waals surface area contributed by atoms with Gasteiger partial charge in [-0.15, -0.1) is 0 Å². The molecule has 1 atom stereocenters. The third-order valence-electron chi connectivity index (χ3n) is 5.77. The molecule has 8 heteroatoms. The van der Waals surface area contributed by atoms with Crippen LogP contribution in [0.3, 0.4) is 0 Å². The van der Waals surface area contributed by atoms with Gasteiger partial charge in [0.2, 0.25) is 5.91 Å². The summed E-state index contributed by atoms with van der Waals surface area (Å²) in [5.41, 5.74) is 1.39. The third kappa shape index (κ3) is 6.62. The van der Waals surface area contributed by atoms with Gasteiger partial charge >= 0.3 is 5.97 Å². The van der Waals surface area contributed by atoms with Crippen LogP contribution in [0.5, 0.6) is 11.5 Å². The van der Waals surface area contributed by atoms with E-state index in [1.807, 2.05) is 78.9 Å². The van der Waals surface area contributed by atoms with E-state index in [1.54, 1.807) is 14.2 Å². The van der Waals surface area contributed by atoms with Crippen molar-refractivity contribution in [3.8, 4) is 11.5 Å². The molecule has 190 valence electrons. The Morgan fingerprint density at radius 1 is 0.806 bits per heavy atom. The average Bonchev–Trinajstić information content (AvgIpc) is 2.92. The number of carbonyl (C=O) groups is 2. The Bertz CT molecular complexity index is 1070. The summed E-state index contributed by atoms with van der Waals surface area (Å²) in [5.74, 6) is -0.115. The molecule has 1 amide bonds. The summed E-state index contributed by atoms with van der Waals surface area (Å²) in [6, 6.07) is 24.7. The molecule has 3 aromatic rings. The van der Waals surface area contributed by atoms with Crippen LogP contribution < -0.4 is 14.8 Å². The Balaban J connectivity index is 1.95. The van der Waals surface area contributed by atoms with Crippen molar-refractivity contribution in [2.75, 3.05) is 27.4 Å². The maximum atomic E-state index is 11.9. The van der Waals surface area contributed by atoms with Crippen molar-refractivity contribution in [3.63, 3.8) is 0 Å². The van der Waals surface area contributed by atoms with Gasteiger partial charge in [-0.25, -0.2) is 0 Å². The van der Waals surface area contributed by atoms with Gasteiger partial charge < -0.3 is 29.7 Å². The van der Waals surface area contributed by atoms with Crippen LogP contribution in [-0.4, -0.2) is 55.6 Å². The number of aliphatic hydroxyl groups excluding tert-OH is 1. The van der Waals surface area contributed by atoms with Crippen molar-refractivity contribution in [2.45, 2.75) is 24.5 Å². The fourth-order valence-electron chi connectivity index (χ4n) is 3.89. The van der Waals surface area contributed by atoms with Gasteiger partial charge in [-0.3, -0.25) is 9.59 Å². The molecule has 36 heavy (non-hydrogen) atoms. The predicted molar refractivity (Wildman–Crippen MR) is 134 cm³/mol. The number of carbonyl (C=O) groups excluding carboxylic acids is 1. The van der Waals surface area contributed by atoms with Crippen molar-refractivity contribution in [3.05, 3.63) is 95.6 Å². The summed E-state index contributed by atoms with van der Waals surface area (Å²) < 4.78 is 17.2. The number of carboxylic acids is 1. The van der Waals surface area contributed by atoms with Crippen LogP contribution in [-0.2, 0) is 19.9 Å². The molecule has 0 aromatic heterocycles. The highest BCUT2D eigenvalue weighted by atomic mass is 16.5. The summed E-state index contributed by atoms with van der Waals surface area (Å²) >= 11 is 0. The lowest BCUT2D eigenvalue weighted by Crippen LogP contribution is -2.39. The second kappa shape index (κ2) is 12.7. The number of nitrogens with one attached hydrogen (secondary N) is 1. The number of rotatable bonds is 13. The summed E-state index contributed by atoms with van der Waals surface area (Å²) in [4.78, 5) is 22.6. The second-order valence-corrected chi connectivity index (χ2v) is 8.17. The quantitative estimate of drug-likeness (QED) is 0.313. The first-order valence-electron chi connectivity index (χ1n) is 11.5. The fourth-order valence-corrected chi connectivity index (χ4v) is 3.89. The van der Waals surface area contributed by atoms with E-state index < -0.39 is 23.6 Å². The van der Waals surface area contributed by atoms with Crippen molar-refractivity contribution in [1.82, 2.24) is 5.32 Å². The standard InChI is InChI=1S/C28H31NO7/c1-34-24-12-8-21(9-13-24)28(20-6-4-3-5-7-20,22-10-14-25(35-2)15-11-22)36-19-23(30)18-29-26(31)16-17-27(32)33/h3-15,23,30H,16-19H2,1-2H3,(H,29,31)(H,32,33). The Hall–Kier alpha value is -3.88. The number of ether oxygens (including phenoxy) is 3. The summed E-state index contributed by atoms with van der Waals surface area (Å²) in [7, 11) is 3.20. The Labute approximate surface area is 210 Å². The first kappa shape index (κ1) is 26.7. The number of hydrogen-bond donors (Lipinski definition) is 3. The van der Waals surface area contributed by atoms with E-state index in [9.17, 15) is 14.7 Å². The van der Waals surface area contributed by atoms with Gasteiger partial charge in [0, 0.05) is 13.0 Å². The van der Waals surface area contributed by atoms with Crippen molar-refractivity contribution in [2.24, 2.45) is 0 Å². The maximum Gasteiger partial charge on any atom is 0.303 e. The molecule has 3 aromatic carbocycles. The minimum absolute atomic E-state index is 0.0749. The normalized spacial score (nSPS) is 12.0. The molecule has 3 N–H and O–H groups in total. The van der Waals surface area contributed by atoms with Crippen molar-refractivity contribution in [1.29, 1.82) is 0 Å². The molecule has 0 fully saturated rings. The molecule has 0 aliphatic heterocycles. The van der Waals surface area contributed by atoms with E-state index in [4.69, 9.17) is 19.3 Å². The molecule has 8 nitrogen and oxygen atoms in total. The fraction of sp³-hybridized carbons (Fsp3) is 0.286. The number of hydrogen-bond acceptors (Lipinski definition) is 6. The molecule has 1 unspecified atom stereocenters. The van der Waals surface area contributed by atoms with Gasteiger partial charge in [-0.1, -0.05) is 54.6 Å². The largest absolute Gasteiger partial charge is 0.497 e. The van der Waals surface area contributed by atoms with Crippen LogP contribution in [0.15, 0.2) is 78.9 Å². The van der Waals surface area contributed by atoms with Crippen LogP contribution in [0, 0.1) is 0 Å². The van der Waals surface area contributed by atoms with Gasteiger partial charge in [0.05, 0.1) is 33.4 Å².